The molecule has 6 N–H and O–H groups in total. The van der Waals surface area contributed by atoms with Gasteiger partial charge in [-0.15, -0.1) is 14.5 Å². The topological polar surface area (TPSA) is 394 Å². The van der Waals surface area contributed by atoms with Crippen molar-refractivity contribution in [1.29, 1.82) is 0 Å². The van der Waals surface area contributed by atoms with Crippen molar-refractivity contribution in [3.05, 3.63) is 25.3 Å². The van der Waals surface area contributed by atoms with E-state index in [-0.39, 0.29) is 12.3 Å². The number of rotatable bonds is 10. The van der Waals surface area contributed by atoms with Crippen LogP contribution in [0.3, 0.4) is 0 Å². The second-order valence-corrected chi connectivity index (χ2v) is 17.3. The van der Waals surface area contributed by atoms with Gasteiger partial charge in [-0.2, -0.15) is 19.4 Å². The molecule has 8 rings (SSSR count). The smallest absolute Gasteiger partial charge is 0.386 e. The first-order valence-corrected chi connectivity index (χ1v) is 21.0. The summed E-state index contributed by atoms with van der Waals surface area (Å²) in [7, 11) is -14.3. The summed E-state index contributed by atoms with van der Waals surface area (Å²) in [5.74, 6) is 2.31. The number of aromatic nitrogens is 8. The Morgan fingerprint density at radius 1 is 0.793 bits per heavy atom. The largest absolute Gasteiger partial charge is 0.790 e. The van der Waals surface area contributed by atoms with Crippen molar-refractivity contribution in [3.63, 3.8) is 0 Å². The minimum absolute atomic E-state index is 0.286. The lowest BCUT2D eigenvalue weighted by Crippen LogP contribution is -2.46. The van der Waals surface area contributed by atoms with Crippen LogP contribution in [0.1, 0.15) is 26.3 Å². The predicted molar refractivity (Wildman–Crippen MR) is 181 cm³/mol. The van der Waals surface area contributed by atoms with Crippen LogP contribution in [0.5, 0.6) is 0 Å². The molecular formula is C26H34N12O17P3-. The number of aliphatic hydroxyl groups excluding tert-OH is 5. The first-order valence-electron chi connectivity index (χ1n) is 16.6. The number of hydrazone groups is 2. The van der Waals surface area contributed by atoms with Gasteiger partial charge in [0.1, 0.15) is 43.2 Å². The Hall–Kier alpha value is -3.67. The maximum Gasteiger partial charge on any atom is 0.386 e. The molecular weight excluding hydrogens is 845 g/mol. The Labute approximate surface area is 325 Å². The molecule has 0 bridgehead atoms. The van der Waals surface area contributed by atoms with E-state index in [0.29, 0.717) is 34.5 Å². The van der Waals surface area contributed by atoms with E-state index in [1.807, 2.05) is 6.92 Å². The molecule has 0 saturated carbocycles. The predicted octanol–water partition coefficient (Wildman–Crippen LogP) is -6.69. The Kier molecular flexibility index (Phi) is 11.3. The number of ether oxygens (including phenoxy) is 2. The minimum Gasteiger partial charge on any atom is -0.790 e. The second kappa shape index (κ2) is 15.4. The zero-order chi connectivity index (χ0) is 42.2. The standard InChI is InChI=1S/C13H19N6O13P3.C13H17N6O4/c1-6-16-17(2)11-8-12(15-4-14-11)19(5-18(6)8)13-10(21)9(20)7(30-13)3-29-34(25,26)32-35(27,28)31-33(22,23)24;1-6-16-17(2)11-8-12(15-4-14-11)19(5-18(6)8)13-10(22)9(21)7(3-20)23-13/h4-5,7,9-10,13,20-21H,3H2,1-2H3,(H3-,22,23,24,25,26,27,28);4-5,7,9-10,13,20-22H,3H2,1-2H3/q;+1/p-2. The Balaban J connectivity index is 0.000000192. The lowest BCUT2D eigenvalue weighted by atomic mass is 10.1. The third-order valence-electron chi connectivity index (χ3n) is 9.13. The SMILES string of the molecule is CC1=NN(C)c2ncnc3c2n1c[n+]3C1OC(CO)C(O)C1O.CC1=NN(C)c2ncnc3c2n1c[n+]3C1OC(CO[P+]([O-])(O)OP(=O)([O-])OP(=O)([O-])[O-])C(O)C1O. The fourth-order valence-electron chi connectivity index (χ4n) is 6.63. The van der Waals surface area contributed by atoms with Crippen molar-refractivity contribution in [2.24, 2.45) is 10.2 Å². The summed E-state index contributed by atoms with van der Waals surface area (Å²) in [5, 5.41) is 62.2. The van der Waals surface area contributed by atoms with Gasteiger partial charge in [-0.25, -0.2) is 28.3 Å². The van der Waals surface area contributed by atoms with Crippen LogP contribution in [-0.4, -0.2) is 135 Å². The molecule has 0 aromatic carbocycles. The molecule has 8 heterocycles. The fraction of sp³-hybridized carbons (Fsp3) is 0.538. The van der Waals surface area contributed by atoms with E-state index < -0.39 is 79.5 Å². The number of phosphoric ester groups is 1. The minimum atomic E-state index is -6.11. The van der Waals surface area contributed by atoms with E-state index in [1.165, 1.54) is 28.6 Å². The van der Waals surface area contributed by atoms with Gasteiger partial charge in [-0.05, 0) is 0 Å². The number of hydrogen-bond donors (Lipinski definition) is 6. The lowest BCUT2D eigenvalue weighted by Gasteiger charge is -2.35. The molecule has 4 aromatic heterocycles. The number of imidazole rings is 2. The molecule has 10 atom stereocenters. The van der Waals surface area contributed by atoms with Crippen LogP contribution in [0.2, 0.25) is 0 Å². The van der Waals surface area contributed by atoms with E-state index in [4.69, 9.17) is 9.47 Å². The first kappa shape index (κ1) is 42.5. The molecule has 0 amide bonds. The third kappa shape index (κ3) is 7.87. The first-order chi connectivity index (χ1) is 27.1. The van der Waals surface area contributed by atoms with E-state index in [2.05, 4.69) is 43.3 Å². The van der Waals surface area contributed by atoms with Gasteiger partial charge in [0.25, 0.3) is 0 Å². The van der Waals surface area contributed by atoms with Crippen LogP contribution in [0.4, 0.5) is 11.6 Å². The highest BCUT2D eigenvalue weighted by molar-refractivity contribution is 7.67. The van der Waals surface area contributed by atoms with Crippen molar-refractivity contribution in [2.45, 2.75) is 62.9 Å². The summed E-state index contributed by atoms with van der Waals surface area (Å²) in [6, 6.07) is 0. The highest BCUT2D eigenvalue weighted by Crippen LogP contribution is 2.64. The second-order valence-electron chi connectivity index (χ2n) is 13.0. The van der Waals surface area contributed by atoms with E-state index in [1.54, 1.807) is 46.1 Å². The summed E-state index contributed by atoms with van der Waals surface area (Å²) in [5.41, 5.74) is 2.08. The fourth-order valence-corrected chi connectivity index (χ4v) is 9.53. The highest BCUT2D eigenvalue weighted by Gasteiger charge is 2.50. The molecule has 2 saturated heterocycles. The van der Waals surface area contributed by atoms with E-state index in [9.17, 15) is 59.1 Å². The monoisotopic (exact) mass is 879 g/mol. The summed E-state index contributed by atoms with van der Waals surface area (Å²) < 4.78 is 50.4. The average Bonchev–Trinajstić information content (AvgIpc) is 3.86. The van der Waals surface area contributed by atoms with Gasteiger partial charge in [0, 0.05) is 27.9 Å². The zero-order valence-corrected chi connectivity index (χ0v) is 32.9. The average molecular weight is 880 g/mol. The van der Waals surface area contributed by atoms with Gasteiger partial charge in [-0.1, -0.05) is 9.97 Å². The van der Waals surface area contributed by atoms with E-state index >= 15 is 0 Å². The van der Waals surface area contributed by atoms with Crippen molar-refractivity contribution in [1.82, 2.24) is 29.1 Å². The quantitative estimate of drug-likeness (QED) is 0.0637. The summed E-state index contributed by atoms with van der Waals surface area (Å²) in [6.45, 7) is 2.16. The lowest BCUT2D eigenvalue weighted by molar-refractivity contribution is -0.745. The number of phosphoric acid groups is 3. The number of anilines is 2. The molecule has 4 aliphatic heterocycles. The molecule has 2 fully saturated rings. The van der Waals surface area contributed by atoms with Crippen molar-refractivity contribution in [3.8, 4) is 0 Å². The number of hydrogen-bond acceptors (Lipinski definition) is 25. The molecule has 316 valence electrons. The summed E-state index contributed by atoms with van der Waals surface area (Å²) in [6.07, 6.45) is -4.30. The van der Waals surface area contributed by atoms with Crippen molar-refractivity contribution < 1.29 is 90.9 Å². The van der Waals surface area contributed by atoms with Crippen LogP contribution in [-0.2, 0) is 31.7 Å². The zero-order valence-electron chi connectivity index (χ0n) is 30.2. The molecule has 4 aliphatic rings. The number of nitrogens with zero attached hydrogens (tertiary/aromatic N) is 12. The summed E-state index contributed by atoms with van der Waals surface area (Å²) in [4.78, 5) is 70.4. The van der Waals surface area contributed by atoms with Gasteiger partial charge < -0.3 is 59.1 Å². The van der Waals surface area contributed by atoms with Crippen molar-refractivity contribution >= 4 is 69.5 Å². The maximum absolute atomic E-state index is 11.9. The van der Waals surface area contributed by atoms with E-state index in [0.717, 1.165) is 5.52 Å². The molecule has 10 unspecified atom stereocenters. The van der Waals surface area contributed by atoms with Crippen LogP contribution < -0.4 is 38.7 Å². The normalized spacial score (nSPS) is 28.9. The molecule has 0 aliphatic carbocycles. The van der Waals surface area contributed by atoms with Gasteiger partial charge in [0.2, 0.25) is 23.5 Å². The molecule has 0 spiro atoms. The van der Waals surface area contributed by atoms with Crippen LogP contribution in [0.25, 0.3) is 22.3 Å². The molecule has 58 heavy (non-hydrogen) atoms. The van der Waals surface area contributed by atoms with Crippen LogP contribution in [0, 0.1) is 0 Å². The highest BCUT2D eigenvalue weighted by atomic mass is 31.3. The molecule has 32 heteroatoms. The van der Waals surface area contributed by atoms with Crippen molar-refractivity contribution in [2.75, 3.05) is 37.3 Å². The van der Waals surface area contributed by atoms with Crippen LogP contribution >= 0.6 is 23.8 Å². The van der Waals surface area contributed by atoms with Crippen LogP contribution in [0.15, 0.2) is 35.5 Å². The van der Waals surface area contributed by atoms with Gasteiger partial charge >= 0.3 is 27.3 Å². The maximum atomic E-state index is 11.9. The Bertz CT molecular complexity index is 2390. The molecule has 0 radical (unpaired) electrons. The third-order valence-corrected chi connectivity index (χ3v) is 12.8. The van der Waals surface area contributed by atoms with Gasteiger partial charge in [0.15, 0.2) is 48.6 Å². The summed E-state index contributed by atoms with van der Waals surface area (Å²) >= 11 is 0. The molecule has 29 nitrogen and oxygen atoms in total. The van der Waals surface area contributed by atoms with Gasteiger partial charge in [0.05, 0.1) is 14.4 Å². The Morgan fingerprint density at radius 2 is 1.24 bits per heavy atom. The Morgan fingerprint density at radius 3 is 1.67 bits per heavy atom. The van der Waals surface area contributed by atoms with Gasteiger partial charge in [-0.3, -0.25) is 8.88 Å². The number of aliphatic hydroxyl groups is 5. The molecule has 4 aromatic rings.